The average molecular weight is 258 g/mol. The number of hydrogen-bond donors (Lipinski definition) is 1. The number of nitrogen functional groups attached to an aromatic ring is 1. The molecule has 0 aliphatic heterocycles. The van der Waals surface area contributed by atoms with Gasteiger partial charge >= 0.3 is 0 Å². The third-order valence-corrected chi connectivity index (χ3v) is 3.31. The number of fused-ring (bicyclic) bond motifs is 1. The van der Waals surface area contributed by atoms with E-state index in [2.05, 4.69) is 9.55 Å². The summed E-state index contributed by atoms with van der Waals surface area (Å²) in [6.45, 7) is 1.98. The van der Waals surface area contributed by atoms with E-state index in [4.69, 9.17) is 17.3 Å². The largest absolute Gasteiger partial charge is 0.397 e. The maximum absolute atomic E-state index is 5.95. The molecule has 18 heavy (non-hydrogen) atoms. The van der Waals surface area contributed by atoms with Gasteiger partial charge in [-0.05, 0) is 37.3 Å². The third-order valence-electron chi connectivity index (χ3n) is 2.97. The molecule has 0 saturated heterocycles. The highest BCUT2D eigenvalue weighted by molar-refractivity contribution is 6.33. The summed E-state index contributed by atoms with van der Waals surface area (Å²) in [6, 6.07) is 13.6. The predicted octanol–water partition coefficient (Wildman–Crippen LogP) is 3.57. The standard InChI is InChI=1S/C14H12ClN3/c1-9-17-13-4-2-3-5-14(13)18(9)10-6-7-11(15)12(16)8-10/h2-8H,16H2,1H3. The van der Waals surface area contributed by atoms with Crippen molar-refractivity contribution in [2.24, 2.45) is 0 Å². The second-order valence-electron chi connectivity index (χ2n) is 4.19. The van der Waals surface area contributed by atoms with Crippen molar-refractivity contribution in [1.82, 2.24) is 9.55 Å². The Hall–Kier alpha value is -2.00. The molecule has 3 nitrogen and oxygen atoms in total. The zero-order chi connectivity index (χ0) is 12.7. The fourth-order valence-corrected chi connectivity index (χ4v) is 2.26. The van der Waals surface area contributed by atoms with Crippen LogP contribution in [0.4, 0.5) is 5.69 Å². The highest BCUT2D eigenvalue weighted by Gasteiger charge is 2.09. The highest BCUT2D eigenvalue weighted by Crippen LogP contribution is 2.26. The Morgan fingerprint density at radius 1 is 1.17 bits per heavy atom. The van der Waals surface area contributed by atoms with Gasteiger partial charge in [-0.2, -0.15) is 0 Å². The summed E-state index contributed by atoms with van der Waals surface area (Å²) < 4.78 is 2.07. The Bertz CT molecular complexity index is 731. The monoisotopic (exact) mass is 257 g/mol. The van der Waals surface area contributed by atoms with Crippen molar-refractivity contribution in [2.75, 3.05) is 5.73 Å². The molecule has 4 heteroatoms. The van der Waals surface area contributed by atoms with Crippen LogP contribution in [0, 0.1) is 6.92 Å². The first-order chi connectivity index (χ1) is 8.66. The van der Waals surface area contributed by atoms with Crippen molar-refractivity contribution in [3.63, 3.8) is 0 Å². The lowest BCUT2D eigenvalue weighted by atomic mass is 10.2. The molecule has 3 aromatic rings. The van der Waals surface area contributed by atoms with E-state index in [1.807, 2.05) is 43.3 Å². The fraction of sp³-hybridized carbons (Fsp3) is 0.0714. The van der Waals surface area contributed by atoms with Crippen molar-refractivity contribution in [1.29, 1.82) is 0 Å². The van der Waals surface area contributed by atoms with Crippen LogP contribution in [0.25, 0.3) is 16.7 Å². The van der Waals surface area contributed by atoms with Gasteiger partial charge in [0.05, 0.1) is 21.7 Å². The van der Waals surface area contributed by atoms with E-state index in [1.54, 1.807) is 6.07 Å². The van der Waals surface area contributed by atoms with Crippen LogP contribution in [0.2, 0.25) is 5.02 Å². The summed E-state index contributed by atoms with van der Waals surface area (Å²) in [6.07, 6.45) is 0. The molecule has 1 heterocycles. The van der Waals surface area contributed by atoms with Gasteiger partial charge < -0.3 is 5.73 Å². The highest BCUT2D eigenvalue weighted by atomic mass is 35.5. The van der Waals surface area contributed by atoms with Crippen molar-refractivity contribution >= 4 is 28.3 Å². The molecule has 2 N–H and O–H groups in total. The maximum atomic E-state index is 5.95. The first-order valence-corrected chi connectivity index (χ1v) is 6.04. The lowest BCUT2D eigenvalue weighted by molar-refractivity contribution is 1.00. The number of imidazole rings is 1. The quantitative estimate of drug-likeness (QED) is 0.678. The zero-order valence-electron chi connectivity index (χ0n) is 9.89. The Labute approximate surface area is 110 Å². The number of anilines is 1. The number of para-hydroxylation sites is 2. The van der Waals surface area contributed by atoms with E-state index in [1.165, 1.54) is 0 Å². The van der Waals surface area contributed by atoms with Crippen molar-refractivity contribution in [3.8, 4) is 5.69 Å². The second-order valence-corrected chi connectivity index (χ2v) is 4.60. The maximum Gasteiger partial charge on any atom is 0.111 e. The number of aromatic nitrogens is 2. The van der Waals surface area contributed by atoms with E-state index in [-0.39, 0.29) is 0 Å². The molecule has 0 amide bonds. The number of halogens is 1. The number of benzene rings is 2. The van der Waals surface area contributed by atoms with Crippen LogP contribution in [0.3, 0.4) is 0 Å². The average Bonchev–Trinajstić information content (AvgIpc) is 2.69. The summed E-state index contributed by atoms with van der Waals surface area (Å²) in [4.78, 5) is 4.53. The minimum absolute atomic E-state index is 0.570. The van der Waals surface area contributed by atoms with Crippen molar-refractivity contribution in [3.05, 3.63) is 53.3 Å². The van der Waals surface area contributed by atoms with E-state index in [9.17, 15) is 0 Å². The van der Waals surface area contributed by atoms with Gasteiger partial charge in [0.1, 0.15) is 5.82 Å². The number of aryl methyl sites for hydroxylation is 1. The van der Waals surface area contributed by atoms with Gasteiger partial charge in [-0.3, -0.25) is 4.57 Å². The molecule has 0 radical (unpaired) electrons. The van der Waals surface area contributed by atoms with Gasteiger partial charge in [0.25, 0.3) is 0 Å². The molecule has 0 aliphatic rings. The minimum Gasteiger partial charge on any atom is -0.397 e. The molecule has 0 unspecified atom stereocenters. The summed E-state index contributed by atoms with van der Waals surface area (Å²) >= 11 is 5.95. The predicted molar refractivity (Wildman–Crippen MR) is 75.2 cm³/mol. The SMILES string of the molecule is Cc1nc2ccccc2n1-c1ccc(Cl)c(N)c1. The van der Waals surface area contributed by atoms with Gasteiger partial charge in [-0.1, -0.05) is 23.7 Å². The van der Waals surface area contributed by atoms with Gasteiger partial charge in [0.15, 0.2) is 0 Å². The first kappa shape index (κ1) is 11.1. The molecule has 0 fully saturated rings. The number of nitrogens with two attached hydrogens (primary N) is 1. The number of hydrogen-bond acceptors (Lipinski definition) is 2. The summed E-state index contributed by atoms with van der Waals surface area (Å²) in [5.41, 5.74) is 9.45. The van der Waals surface area contributed by atoms with Crippen LogP contribution in [-0.2, 0) is 0 Å². The number of nitrogens with zero attached hydrogens (tertiary/aromatic N) is 2. The molecular weight excluding hydrogens is 246 g/mol. The Balaban J connectivity index is 2.30. The van der Waals surface area contributed by atoms with Crippen LogP contribution in [0.1, 0.15) is 5.82 Å². The molecule has 0 saturated carbocycles. The van der Waals surface area contributed by atoms with Gasteiger partial charge in [0.2, 0.25) is 0 Å². The topological polar surface area (TPSA) is 43.8 Å². The molecule has 90 valence electrons. The van der Waals surface area contributed by atoms with E-state index in [0.717, 1.165) is 22.5 Å². The van der Waals surface area contributed by atoms with Crippen LogP contribution < -0.4 is 5.73 Å². The lowest BCUT2D eigenvalue weighted by Gasteiger charge is -2.08. The van der Waals surface area contributed by atoms with Gasteiger partial charge in [-0.25, -0.2) is 4.98 Å². The summed E-state index contributed by atoms with van der Waals surface area (Å²) in [7, 11) is 0. The molecular formula is C14H12ClN3. The molecule has 2 aromatic carbocycles. The second kappa shape index (κ2) is 4.03. The Kier molecular flexibility index (Phi) is 2.49. The zero-order valence-corrected chi connectivity index (χ0v) is 10.6. The molecule has 3 rings (SSSR count). The van der Waals surface area contributed by atoms with Crippen LogP contribution in [-0.4, -0.2) is 9.55 Å². The van der Waals surface area contributed by atoms with E-state index >= 15 is 0 Å². The van der Waals surface area contributed by atoms with Crippen LogP contribution >= 0.6 is 11.6 Å². The molecule has 1 aromatic heterocycles. The van der Waals surface area contributed by atoms with Crippen LogP contribution in [0.5, 0.6) is 0 Å². The lowest BCUT2D eigenvalue weighted by Crippen LogP contribution is -1.98. The molecule has 0 aliphatic carbocycles. The van der Waals surface area contributed by atoms with E-state index < -0.39 is 0 Å². The molecule has 0 atom stereocenters. The van der Waals surface area contributed by atoms with Crippen molar-refractivity contribution in [2.45, 2.75) is 6.92 Å². The fourth-order valence-electron chi connectivity index (χ4n) is 2.14. The third kappa shape index (κ3) is 1.64. The summed E-state index contributed by atoms with van der Waals surface area (Å²) in [5.74, 6) is 0.929. The smallest absolute Gasteiger partial charge is 0.111 e. The first-order valence-electron chi connectivity index (χ1n) is 5.66. The molecule has 0 bridgehead atoms. The molecule has 0 spiro atoms. The number of rotatable bonds is 1. The van der Waals surface area contributed by atoms with Crippen molar-refractivity contribution < 1.29 is 0 Å². The summed E-state index contributed by atoms with van der Waals surface area (Å²) in [5, 5.41) is 0.570. The minimum atomic E-state index is 0.570. The van der Waals surface area contributed by atoms with Crippen LogP contribution in [0.15, 0.2) is 42.5 Å². The Morgan fingerprint density at radius 2 is 1.94 bits per heavy atom. The normalized spacial score (nSPS) is 11.0. The van der Waals surface area contributed by atoms with E-state index in [0.29, 0.717) is 10.7 Å². The van der Waals surface area contributed by atoms with Gasteiger partial charge in [-0.15, -0.1) is 0 Å². The Morgan fingerprint density at radius 3 is 2.72 bits per heavy atom. The van der Waals surface area contributed by atoms with Gasteiger partial charge in [0, 0.05) is 5.69 Å².